The molecule has 2 aromatic rings. The van der Waals surface area contributed by atoms with E-state index in [1.807, 2.05) is 41.3 Å². The van der Waals surface area contributed by atoms with Crippen LogP contribution < -0.4 is 5.32 Å². The molecule has 2 amide bonds. The van der Waals surface area contributed by atoms with E-state index in [2.05, 4.69) is 12.2 Å². The van der Waals surface area contributed by atoms with E-state index in [0.29, 0.717) is 23.5 Å². The van der Waals surface area contributed by atoms with E-state index in [9.17, 15) is 22.8 Å². The number of nitrogens with one attached hydrogen (secondary N) is 1. The topological polar surface area (TPSA) is 49.4 Å². The molecule has 0 aromatic heterocycles. The number of nitrogens with zero attached hydrogens (tertiary/aromatic N) is 1. The van der Waals surface area contributed by atoms with Gasteiger partial charge in [0.25, 0.3) is 0 Å². The van der Waals surface area contributed by atoms with E-state index in [0.717, 1.165) is 37.1 Å². The summed E-state index contributed by atoms with van der Waals surface area (Å²) in [6.45, 7) is 2.27. The van der Waals surface area contributed by atoms with Gasteiger partial charge in [-0.2, -0.15) is 13.2 Å². The van der Waals surface area contributed by atoms with Crippen LogP contribution in [0.15, 0.2) is 48.5 Å². The molecule has 7 heteroatoms. The first-order valence-corrected chi connectivity index (χ1v) is 11.5. The summed E-state index contributed by atoms with van der Waals surface area (Å²) in [6.07, 6.45) is -1.59. The van der Waals surface area contributed by atoms with E-state index in [1.165, 1.54) is 0 Å². The maximum absolute atomic E-state index is 13.4. The monoisotopic (exact) mass is 458 g/mol. The lowest BCUT2D eigenvalue weighted by molar-refractivity contribution is -0.141. The number of benzene rings is 2. The normalized spacial score (nSPS) is 17.4. The number of hydrogen-bond acceptors (Lipinski definition) is 2. The largest absolute Gasteiger partial charge is 0.405 e. The first kappa shape index (κ1) is 23.3. The molecular formula is C26H29F3N2O2. The zero-order valence-electron chi connectivity index (χ0n) is 18.8. The molecule has 4 rings (SSSR count). The van der Waals surface area contributed by atoms with Gasteiger partial charge in [0.2, 0.25) is 11.8 Å². The van der Waals surface area contributed by atoms with Crippen molar-refractivity contribution in [2.45, 2.75) is 50.6 Å². The van der Waals surface area contributed by atoms with Gasteiger partial charge in [0.1, 0.15) is 12.0 Å². The van der Waals surface area contributed by atoms with Crippen LogP contribution in [0.2, 0.25) is 0 Å². The average molecular weight is 459 g/mol. The van der Waals surface area contributed by atoms with Gasteiger partial charge in [-0.3, -0.25) is 9.59 Å². The fraction of sp³-hybridized carbons (Fsp3) is 0.462. The lowest BCUT2D eigenvalue weighted by Crippen LogP contribution is -2.47. The Labute approximate surface area is 192 Å². The molecule has 0 saturated carbocycles. The number of rotatable bonds is 6. The van der Waals surface area contributed by atoms with Crippen LogP contribution in [-0.4, -0.2) is 42.5 Å². The van der Waals surface area contributed by atoms with Crippen molar-refractivity contribution >= 4 is 11.8 Å². The highest BCUT2D eigenvalue weighted by Gasteiger charge is 2.49. The highest BCUT2D eigenvalue weighted by Crippen LogP contribution is 2.51. The summed E-state index contributed by atoms with van der Waals surface area (Å²) in [7, 11) is 0. The van der Waals surface area contributed by atoms with Gasteiger partial charge in [0.05, 0.1) is 0 Å². The molecular weight excluding hydrogens is 429 g/mol. The van der Waals surface area contributed by atoms with Gasteiger partial charge in [0, 0.05) is 19.5 Å². The van der Waals surface area contributed by atoms with Crippen molar-refractivity contribution < 1.29 is 22.8 Å². The first-order chi connectivity index (χ1) is 15.7. The van der Waals surface area contributed by atoms with Crippen LogP contribution in [0.3, 0.4) is 0 Å². The minimum Gasteiger partial charge on any atom is -0.346 e. The number of alkyl halides is 3. The Hall–Kier alpha value is -2.83. The molecule has 1 aliphatic carbocycles. The van der Waals surface area contributed by atoms with Gasteiger partial charge in [-0.05, 0) is 53.9 Å². The number of likely N-dealkylation sites (tertiary alicyclic amines) is 1. The lowest BCUT2D eigenvalue weighted by Gasteiger charge is -2.32. The van der Waals surface area contributed by atoms with Gasteiger partial charge in [-0.15, -0.1) is 0 Å². The van der Waals surface area contributed by atoms with Crippen molar-refractivity contribution in [3.8, 4) is 11.1 Å². The predicted molar refractivity (Wildman–Crippen MR) is 121 cm³/mol. The van der Waals surface area contributed by atoms with Crippen molar-refractivity contribution in [1.82, 2.24) is 10.2 Å². The summed E-state index contributed by atoms with van der Waals surface area (Å²) in [6, 6.07) is 14.8. The smallest absolute Gasteiger partial charge is 0.346 e. The third-order valence-corrected chi connectivity index (χ3v) is 6.98. The van der Waals surface area contributed by atoms with Crippen molar-refractivity contribution in [1.29, 1.82) is 0 Å². The predicted octanol–water partition coefficient (Wildman–Crippen LogP) is 5.06. The van der Waals surface area contributed by atoms with Crippen LogP contribution in [0, 0.1) is 5.92 Å². The van der Waals surface area contributed by atoms with Gasteiger partial charge in [-0.1, -0.05) is 55.5 Å². The maximum Gasteiger partial charge on any atom is 0.405 e. The molecule has 4 nitrogen and oxygen atoms in total. The standard InChI is InChI=1S/C26H29F3N2O2/c1-18-12-15-31(16-13-18)23(32)11-6-14-25(24(33)30-17-26(27,28)29)21-9-4-2-7-19(21)20-8-3-5-10-22(20)25/h2-5,7-10,18H,6,11-17H2,1H3,(H,30,33). The van der Waals surface area contributed by atoms with E-state index >= 15 is 0 Å². The summed E-state index contributed by atoms with van der Waals surface area (Å²) in [4.78, 5) is 28.1. The van der Waals surface area contributed by atoms with Crippen LogP contribution in [0.5, 0.6) is 0 Å². The Kier molecular flexibility index (Phi) is 6.50. The third-order valence-electron chi connectivity index (χ3n) is 6.98. The summed E-state index contributed by atoms with van der Waals surface area (Å²) >= 11 is 0. The minimum atomic E-state index is -4.50. The zero-order valence-corrected chi connectivity index (χ0v) is 18.8. The molecule has 0 radical (unpaired) electrons. The summed E-state index contributed by atoms with van der Waals surface area (Å²) < 4.78 is 38.8. The Morgan fingerprint density at radius 3 is 2.09 bits per heavy atom. The molecule has 2 aromatic carbocycles. The number of hydrogen-bond donors (Lipinski definition) is 1. The second-order valence-corrected chi connectivity index (χ2v) is 9.21. The number of fused-ring (bicyclic) bond motifs is 3. The highest BCUT2D eigenvalue weighted by molar-refractivity contribution is 6.00. The van der Waals surface area contributed by atoms with Gasteiger partial charge in [0.15, 0.2) is 0 Å². The van der Waals surface area contributed by atoms with Crippen LogP contribution in [-0.2, 0) is 15.0 Å². The SMILES string of the molecule is CC1CCN(C(=O)CCCC2(C(=O)NCC(F)(F)F)c3ccccc3-c3ccccc32)CC1. The second-order valence-electron chi connectivity index (χ2n) is 9.21. The van der Waals surface area contributed by atoms with Crippen molar-refractivity contribution in [2.24, 2.45) is 5.92 Å². The molecule has 0 bridgehead atoms. The van der Waals surface area contributed by atoms with Crippen LogP contribution in [0.1, 0.15) is 50.2 Å². The maximum atomic E-state index is 13.4. The van der Waals surface area contributed by atoms with Crippen LogP contribution in [0.4, 0.5) is 13.2 Å². The number of halogens is 3. The van der Waals surface area contributed by atoms with Gasteiger partial charge in [-0.25, -0.2) is 0 Å². The van der Waals surface area contributed by atoms with E-state index in [1.54, 1.807) is 12.1 Å². The Morgan fingerprint density at radius 1 is 1.00 bits per heavy atom. The molecule has 2 aliphatic rings. The average Bonchev–Trinajstić information content (AvgIpc) is 3.08. The molecule has 0 spiro atoms. The number of carbonyl (C=O) groups is 2. The summed E-state index contributed by atoms with van der Waals surface area (Å²) in [5.41, 5.74) is 1.85. The Morgan fingerprint density at radius 2 is 1.55 bits per heavy atom. The second kappa shape index (κ2) is 9.20. The van der Waals surface area contributed by atoms with E-state index < -0.39 is 24.0 Å². The quantitative estimate of drug-likeness (QED) is 0.658. The van der Waals surface area contributed by atoms with E-state index in [-0.39, 0.29) is 18.7 Å². The Balaban J connectivity index is 1.61. The van der Waals surface area contributed by atoms with Crippen LogP contribution >= 0.6 is 0 Å². The molecule has 1 heterocycles. The van der Waals surface area contributed by atoms with Crippen LogP contribution in [0.25, 0.3) is 11.1 Å². The molecule has 1 saturated heterocycles. The molecule has 1 aliphatic heterocycles. The minimum absolute atomic E-state index is 0.0484. The molecule has 33 heavy (non-hydrogen) atoms. The van der Waals surface area contributed by atoms with Crippen molar-refractivity contribution in [3.63, 3.8) is 0 Å². The van der Waals surface area contributed by atoms with Crippen molar-refractivity contribution in [3.05, 3.63) is 59.7 Å². The molecule has 0 unspecified atom stereocenters. The third kappa shape index (κ3) is 4.63. The van der Waals surface area contributed by atoms with Crippen molar-refractivity contribution in [2.75, 3.05) is 19.6 Å². The lowest BCUT2D eigenvalue weighted by atomic mass is 9.73. The summed E-state index contributed by atoms with van der Waals surface area (Å²) in [5.74, 6) is -0.00933. The number of piperidine rings is 1. The van der Waals surface area contributed by atoms with Gasteiger partial charge >= 0.3 is 6.18 Å². The van der Waals surface area contributed by atoms with E-state index in [4.69, 9.17) is 0 Å². The number of carbonyl (C=O) groups excluding carboxylic acids is 2. The summed E-state index contributed by atoms with van der Waals surface area (Å²) in [5, 5.41) is 2.13. The molecule has 1 fully saturated rings. The molecule has 0 atom stereocenters. The number of amides is 2. The zero-order chi connectivity index (χ0) is 23.6. The van der Waals surface area contributed by atoms with Gasteiger partial charge < -0.3 is 10.2 Å². The fourth-order valence-corrected chi connectivity index (χ4v) is 5.21. The highest BCUT2D eigenvalue weighted by atomic mass is 19.4. The first-order valence-electron chi connectivity index (χ1n) is 11.5. The fourth-order valence-electron chi connectivity index (χ4n) is 5.21. The molecule has 1 N–H and O–H groups in total. The Bertz CT molecular complexity index is 981. The molecule has 176 valence electrons.